The summed E-state index contributed by atoms with van der Waals surface area (Å²) < 4.78 is 5.94. The third-order valence-electron chi connectivity index (χ3n) is 4.55. The quantitative estimate of drug-likeness (QED) is 0.811. The molecule has 112 valence electrons. The Balaban J connectivity index is 1.87. The van der Waals surface area contributed by atoms with Crippen LogP contribution in [0.1, 0.15) is 33.1 Å². The number of hydrogen-bond donors (Lipinski definition) is 1. The van der Waals surface area contributed by atoms with E-state index in [1.54, 1.807) is 0 Å². The van der Waals surface area contributed by atoms with E-state index in [2.05, 4.69) is 36.0 Å². The summed E-state index contributed by atoms with van der Waals surface area (Å²) in [4.78, 5) is 5.06. The van der Waals surface area contributed by atoms with Crippen LogP contribution in [-0.4, -0.2) is 74.4 Å². The molecule has 0 amide bonds. The molecular formula is C15H31N3O. The molecule has 0 radical (unpaired) electrons. The topological polar surface area (TPSA) is 27.7 Å². The first-order chi connectivity index (χ1) is 9.20. The van der Waals surface area contributed by atoms with Gasteiger partial charge < -0.3 is 15.0 Å². The van der Waals surface area contributed by atoms with Gasteiger partial charge in [-0.1, -0.05) is 13.3 Å². The first-order valence-corrected chi connectivity index (χ1v) is 7.98. The molecule has 3 atom stereocenters. The summed E-state index contributed by atoms with van der Waals surface area (Å²) in [7, 11) is 2.20. The first kappa shape index (κ1) is 15.2. The molecule has 4 heteroatoms. The number of ether oxygens (including phenoxy) is 1. The predicted molar refractivity (Wildman–Crippen MR) is 79.6 cm³/mol. The summed E-state index contributed by atoms with van der Waals surface area (Å²) in [5.74, 6) is 0. The van der Waals surface area contributed by atoms with Crippen molar-refractivity contribution >= 4 is 0 Å². The summed E-state index contributed by atoms with van der Waals surface area (Å²) in [6, 6.07) is 1.27. The highest BCUT2D eigenvalue weighted by atomic mass is 16.5. The van der Waals surface area contributed by atoms with Gasteiger partial charge in [0, 0.05) is 31.7 Å². The standard InChI is InChI=1S/C15H31N3O/c1-4-16-13(2)15-7-5-6-8-18(15)12-14-11-17(3)9-10-19-14/h13-16H,4-12H2,1-3H3. The second kappa shape index (κ2) is 7.58. The van der Waals surface area contributed by atoms with Crippen LogP contribution < -0.4 is 5.32 Å². The summed E-state index contributed by atoms with van der Waals surface area (Å²) in [6.45, 7) is 11.0. The van der Waals surface area contributed by atoms with Crippen molar-refractivity contribution in [1.29, 1.82) is 0 Å². The van der Waals surface area contributed by atoms with Gasteiger partial charge >= 0.3 is 0 Å². The lowest BCUT2D eigenvalue weighted by Crippen LogP contribution is -2.55. The molecule has 1 N–H and O–H groups in total. The van der Waals surface area contributed by atoms with Crippen molar-refractivity contribution in [3.63, 3.8) is 0 Å². The highest BCUT2D eigenvalue weighted by Gasteiger charge is 2.30. The van der Waals surface area contributed by atoms with Crippen molar-refractivity contribution in [2.45, 2.75) is 51.3 Å². The van der Waals surface area contributed by atoms with Crippen LogP contribution in [0, 0.1) is 0 Å². The maximum Gasteiger partial charge on any atom is 0.0829 e. The van der Waals surface area contributed by atoms with Gasteiger partial charge in [0.05, 0.1) is 12.7 Å². The second-order valence-corrected chi connectivity index (χ2v) is 6.16. The molecule has 2 aliphatic heterocycles. The number of likely N-dealkylation sites (tertiary alicyclic amines) is 1. The van der Waals surface area contributed by atoms with E-state index in [-0.39, 0.29) is 0 Å². The van der Waals surface area contributed by atoms with Crippen molar-refractivity contribution in [1.82, 2.24) is 15.1 Å². The Hall–Kier alpha value is -0.160. The van der Waals surface area contributed by atoms with E-state index >= 15 is 0 Å². The predicted octanol–water partition coefficient (Wildman–Crippen LogP) is 1.17. The number of rotatable bonds is 5. The number of nitrogens with one attached hydrogen (secondary N) is 1. The van der Waals surface area contributed by atoms with Crippen LogP contribution in [0.4, 0.5) is 0 Å². The molecular weight excluding hydrogens is 238 g/mol. The minimum Gasteiger partial charge on any atom is -0.374 e. The first-order valence-electron chi connectivity index (χ1n) is 7.98. The van der Waals surface area contributed by atoms with Gasteiger partial charge in [0.25, 0.3) is 0 Å². The fourth-order valence-electron chi connectivity index (χ4n) is 3.51. The van der Waals surface area contributed by atoms with Crippen LogP contribution >= 0.6 is 0 Å². The molecule has 0 aromatic carbocycles. The smallest absolute Gasteiger partial charge is 0.0829 e. The van der Waals surface area contributed by atoms with Crippen LogP contribution in [0.3, 0.4) is 0 Å². The summed E-state index contributed by atoms with van der Waals surface area (Å²) in [5.41, 5.74) is 0. The lowest BCUT2D eigenvalue weighted by atomic mass is 9.96. The molecule has 19 heavy (non-hydrogen) atoms. The SMILES string of the molecule is CCNC(C)C1CCCCN1CC1CN(C)CCO1. The van der Waals surface area contributed by atoms with E-state index in [4.69, 9.17) is 4.74 Å². The highest BCUT2D eigenvalue weighted by Crippen LogP contribution is 2.21. The molecule has 0 spiro atoms. The zero-order chi connectivity index (χ0) is 13.7. The van der Waals surface area contributed by atoms with Crippen LogP contribution in [-0.2, 0) is 4.74 Å². The largest absolute Gasteiger partial charge is 0.374 e. The molecule has 2 saturated heterocycles. The number of morpholine rings is 1. The molecule has 0 bridgehead atoms. The van der Waals surface area contributed by atoms with Gasteiger partial charge in [-0.05, 0) is 39.9 Å². The van der Waals surface area contributed by atoms with Crippen LogP contribution in [0.5, 0.6) is 0 Å². The van der Waals surface area contributed by atoms with Crippen LogP contribution in [0.15, 0.2) is 0 Å². The monoisotopic (exact) mass is 269 g/mol. The highest BCUT2D eigenvalue weighted by molar-refractivity contribution is 4.87. The normalized spacial score (nSPS) is 32.4. The number of likely N-dealkylation sites (N-methyl/N-ethyl adjacent to an activating group) is 2. The minimum absolute atomic E-state index is 0.396. The number of hydrogen-bond acceptors (Lipinski definition) is 4. The van der Waals surface area contributed by atoms with E-state index in [1.165, 1.54) is 25.8 Å². The zero-order valence-corrected chi connectivity index (χ0v) is 12.9. The van der Waals surface area contributed by atoms with Gasteiger partial charge in [-0.3, -0.25) is 4.90 Å². The van der Waals surface area contributed by atoms with Crippen molar-refractivity contribution in [3.8, 4) is 0 Å². The summed E-state index contributed by atoms with van der Waals surface area (Å²) in [6.07, 6.45) is 4.45. The Morgan fingerprint density at radius 3 is 2.89 bits per heavy atom. The second-order valence-electron chi connectivity index (χ2n) is 6.16. The Morgan fingerprint density at radius 1 is 1.32 bits per heavy atom. The van der Waals surface area contributed by atoms with E-state index in [9.17, 15) is 0 Å². The molecule has 3 unspecified atom stereocenters. The van der Waals surface area contributed by atoms with Crippen molar-refractivity contribution in [2.24, 2.45) is 0 Å². The summed E-state index contributed by atoms with van der Waals surface area (Å²) in [5, 5.41) is 3.60. The van der Waals surface area contributed by atoms with Gasteiger partial charge in [-0.15, -0.1) is 0 Å². The Bertz CT molecular complexity index is 262. The van der Waals surface area contributed by atoms with Crippen LogP contribution in [0.2, 0.25) is 0 Å². The van der Waals surface area contributed by atoms with Crippen LogP contribution in [0.25, 0.3) is 0 Å². The molecule has 4 nitrogen and oxygen atoms in total. The Morgan fingerprint density at radius 2 is 2.16 bits per heavy atom. The molecule has 2 fully saturated rings. The Labute approximate surface area is 118 Å². The molecule has 2 rings (SSSR count). The van der Waals surface area contributed by atoms with Gasteiger partial charge in [-0.2, -0.15) is 0 Å². The minimum atomic E-state index is 0.396. The maximum atomic E-state index is 5.94. The molecule has 2 aliphatic rings. The lowest BCUT2D eigenvalue weighted by Gasteiger charge is -2.42. The van der Waals surface area contributed by atoms with E-state index in [0.717, 1.165) is 32.8 Å². The average molecular weight is 269 g/mol. The van der Waals surface area contributed by atoms with E-state index in [0.29, 0.717) is 18.2 Å². The fourth-order valence-corrected chi connectivity index (χ4v) is 3.51. The molecule has 0 aliphatic carbocycles. The third-order valence-corrected chi connectivity index (χ3v) is 4.55. The van der Waals surface area contributed by atoms with E-state index in [1.807, 2.05) is 0 Å². The number of piperidine rings is 1. The lowest BCUT2D eigenvalue weighted by molar-refractivity contribution is -0.0476. The number of nitrogens with zero attached hydrogens (tertiary/aromatic N) is 2. The summed E-state index contributed by atoms with van der Waals surface area (Å²) >= 11 is 0. The maximum absolute atomic E-state index is 5.94. The molecule has 0 aromatic rings. The molecule has 2 heterocycles. The average Bonchev–Trinajstić information content (AvgIpc) is 2.39. The van der Waals surface area contributed by atoms with E-state index < -0.39 is 0 Å². The van der Waals surface area contributed by atoms with Gasteiger partial charge in [0.1, 0.15) is 0 Å². The van der Waals surface area contributed by atoms with Crippen molar-refractivity contribution in [3.05, 3.63) is 0 Å². The van der Waals surface area contributed by atoms with Gasteiger partial charge in [0.15, 0.2) is 0 Å². The zero-order valence-electron chi connectivity index (χ0n) is 12.9. The van der Waals surface area contributed by atoms with Crippen molar-refractivity contribution < 1.29 is 4.74 Å². The van der Waals surface area contributed by atoms with Gasteiger partial charge in [-0.25, -0.2) is 0 Å². The van der Waals surface area contributed by atoms with Crippen molar-refractivity contribution in [2.75, 3.05) is 46.4 Å². The Kier molecular flexibility index (Phi) is 6.07. The molecule has 0 aromatic heterocycles. The fraction of sp³-hybridized carbons (Fsp3) is 1.00. The molecule has 0 saturated carbocycles. The van der Waals surface area contributed by atoms with Gasteiger partial charge in [0.2, 0.25) is 0 Å². The third kappa shape index (κ3) is 4.42.